The minimum Gasteiger partial charge on any atom is -0.547 e. The Kier molecular flexibility index (Phi) is 22.3. The summed E-state index contributed by atoms with van der Waals surface area (Å²) in [5.41, 5.74) is 1.46. The van der Waals surface area contributed by atoms with Gasteiger partial charge in [-0.05, 0) is 12.8 Å². The van der Waals surface area contributed by atoms with E-state index in [0.29, 0.717) is 0 Å². The van der Waals surface area contributed by atoms with Crippen LogP contribution < -0.4 is 5.11 Å². The van der Waals surface area contributed by atoms with Crippen LogP contribution in [0.25, 0.3) is 0 Å². The van der Waals surface area contributed by atoms with E-state index >= 15 is 0 Å². The average Bonchev–Trinajstić information content (AvgIpc) is 2.92. The third-order valence-electron chi connectivity index (χ3n) is 7.07. The monoisotopic (exact) mass is 555 g/mol. The number of carboxylic acid groups (broad SMARTS) is 1. The van der Waals surface area contributed by atoms with Gasteiger partial charge in [-0.25, -0.2) is 0 Å². The molecule has 0 radical (unpaired) electrons. The molecule has 1 rings (SSSR count). The molecule has 0 saturated heterocycles. The molecule has 0 aliphatic rings. The molecule has 1 aromatic carbocycles. The van der Waals surface area contributed by atoms with Crippen LogP contribution in [0.15, 0.2) is 30.3 Å². The van der Waals surface area contributed by atoms with Crippen molar-refractivity contribution in [3.63, 3.8) is 0 Å². The molecule has 8 nitrogen and oxygen atoms in total. The van der Waals surface area contributed by atoms with E-state index in [1.54, 1.807) is 0 Å². The molecule has 0 saturated carbocycles. The van der Waals surface area contributed by atoms with Crippen LogP contribution in [0, 0.1) is 0 Å². The molecular weight excluding hydrogens is 498 g/mol. The van der Waals surface area contributed by atoms with E-state index in [1.165, 1.54) is 102 Å². The van der Waals surface area contributed by atoms with E-state index in [9.17, 15) is 9.90 Å². The summed E-state index contributed by atoms with van der Waals surface area (Å²) in [6.45, 7) is 3.88. The summed E-state index contributed by atoms with van der Waals surface area (Å²) in [6, 6.07) is 10.9. The average molecular weight is 556 g/mol. The zero-order valence-electron chi connectivity index (χ0n) is 24.7. The molecule has 0 aliphatic carbocycles. The Bertz CT molecular complexity index is 701. The fraction of sp³-hybridized carbons (Fsp3) is 0.774. The number of hydrogen-bond donors (Lipinski definition) is 5. The van der Waals surface area contributed by atoms with Gasteiger partial charge in [-0.15, -0.1) is 0 Å². The van der Waals surface area contributed by atoms with Crippen LogP contribution in [-0.4, -0.2) is 87.6 Å². The molecule has 0 bridgehead atoms. The van der Waals surface area contributed by atoms with E-state index in [0.717, 1.165) is 11.0 Å². The standard InChI is InChI=1S/C25H46N.C6H12O7/c1-4-5-6-7-8-9-10-11-12-13-14-15-16-20-23-26(2,3)24-25-21-18-17-19-22-25;7-1-2(8)3(9)4(10)5(11)6(12)13/h17-19,21-22H,4-16,20,23-24H2,1-3H3;2-5,7-11H,1H2,(H,12,13)/q+1;/p-1/t;2-,3-,4+,5-/m.1/s1. The van der Waals surface area contributed by atoms with Crippen LogP contribution in [-0.2, 0) is 11.3 Å². The maximum absolute atomic E-state index is 9.98. The van der Waals surface area contributed by atoms with Gasteiger partial charge in [0.1, 0.15) is 31.0 Å². The minimum absolute atomic E-state index is 0.863. The molecule has 0 spiro atoms. The number of benzene rings is 1. The van der Waals surface area contributed by atoms with Crippen molar-refractivity contribution in [2.75, 3.05) is 27.2 Å². The van der Waals surface area contributed by atoms with Gasteiger partial charge in [-0.3, -0.25) is 0 Å². The fourth-order valence-electron chi connectivity index (χ4n) is 4.55. The first-order chi connectivity index (χ1) is 18.6. The molecule has 4 atom stereocenters. The topological polar surface area (TPSA) is 141 Å². The molecule has 8 heteroatoms. The lowest BCUT2D eigenvalue weighted by atomic mass is 10.0. The van der Waals surface area contributed by atoms with Gasteiger partial charge in [0.15, 0.2) is 0 Å². The highest BCUT2D eigenvalue weighted by Crippen LogP contribution is 2.15. The number of aliphatic hydroxyl groups excluding tert-OH is 5. The summed E-state index contributed by atoms with van der Waals surface area (Å²) >= 11 is 0. The van der Waals surface area contributed by atoms with Crippen LogP contribution in [0.5, 0.6) is 0 Å². The zero-order chi connectivity index (χ0) is 29.5. The number of carbonyl (C=O) groups is 1. The van der Waals surface area contributed by atoms with Crippen molar-refractivity contribution in [2.45, 2.75) is 128 Å². The highest BCUT2D eigenvalue weighted by molar-refractivity contribution is 5.70. The lowest BCUT2D eigenvalue weighted by molar-refractivity contribution is -0.903. The molecular formula is C31H57NO7. The zero-order valence-corrected chi connectivity index (χ0v) is 24.7. The Morgan fingerprint density at radius 2 is 1.18 bits per heavy atom. The Hall–Kier alpha value is -1.55. The molecule has 228 valence electrons. The summed E-state index contributed by atoms with van der Waals surface area (Å²) in [5, 5.41) is 53.4. The van der Waals surface area contributed by atoms with Gasteiger partial charge in [0.2, 0.25) is 0 Å². The van der Waals surface area contributed by atoms with Gasteiger partial charge in [0.05, 0.1) is 33.2 Å². The van der Waals surface area contributed by atoms with Crippen molar-refractivity contribution in [1.82, 2.24) is 0 Å². The molecule has 0 aliphatic heterocycles. The number of unbranched alkanes of at least 4 members (excludes halogenated alkanes) is 13. The van der Waals surface area contributed by atoms with E-state index in [2.05, 4.69) is 51.4 Å². The minimum atomic E-state index is -2.31. The third-order valence-corrected chi connectivity index (χ3v) is 7.07. The summed E-state index contributed by atoms with van der Waals surface area (Å²) in [6.07, 6.45) is 12.1. The van der Waals surface area contributed by atoms with Crippen LogP contribution in [0.3, 0.4) is 0 Å². The largest absolute Gasteiger partial charge is 0.547 e. The Labute approximate surface area is 236 Å². The van der Waals surface area contributed by atoms with Crippen molar-refractivity contribution in [1.29, 1.82) is 0 Å². The maximum Gasteiger partial charge on any atom is 0.122 e. The number of quaternary nitrogens is 1. The molecule has 0 aromatic heterocycles. The predicted molar refractivity (Wildman–Crippen MR) is 154 cm³/mol. The predicted octanol–water partition coefficient (Wildman–Crippen LogP) is 2.92. The van der Waals surface area contributed by atoms with Crippen LogP contribution in [0.4, 0.5) is 0 Å². The second-order valence-electron chi connectivity index (χ2n) is 11.4. The number of nitrogens with zero attached hydrogens (tertiary/aromatic N) is 1. The SMILES string of the molecule is CCCCCCCCCCCCCCCC[N+](C)(C)Cc1ccccc1.O=C([O-])[C@H](O)[C@@H](O)[C@H](O)[C@H](O)CO. The fourth-order valence-corrected chi connectivity index (χ4v) is 4.55. The number of aliphatic hydroxyl groups is 5. The van der Waals surface area contributed by atoms with Crippen LogP contribution in [0.1, 0.15) is 102 Å². The van der Waals surface area contributed by atoms with Crippen molar-refractivity contribution in [3.05, 3.63) is 35.9 Å². The highest BCUT2D eigenvalue weighted by Gasteiger charge is 2.30. The van der Waals surface area contributed by atoms with Crippen molar-refractivity contribution in [3.8, 4) is 0 Å². The van der Waals surface area contributed by atoms with E-state index in [-0.39, 0.29) is 0 Å². The van der Waals surface area contributed by atoms with Crippen molar-refractivity contribution < 1.29 is 39.9 Å². The number of aliphatic carboxylic acids is 1. The molecule has 5 N–H and O–H groups in total. The Balaban J connectivity index is 0.000000935. The van der Waals surface area contributed by atoms with Crippen LogP contribution in [0.2, 0.25) is 0 Å². The van der Waals surface area contributed by atoms with Gasteiger partial charge < -0.3 is 39.9 Å². The first kappa shape index (κ1) is 37.5. The summed E-state index contributed by atoms with van der Waals surface area (Å²) < 4.78 is 1.11. The lowest BCUT2D eigenvalue weighted by Gasteiger charge is -2.30. The van der Waals surface area contributed by atoms with Gasteiger partial charge in [0.25, 0.3) is 0 Å². The second-order valence-corrected chi connectivity index (χ2v) is 11.4. The molecule has 0 fully saturated rings. The summed E-state index contributed by atoms with van der Waals surface area (Å²) in [4.78, 5) is 9.98. The van der Waals surface area contributed by atoms with E-state index in [4.69, 9.17) is 25.5 Å². The smallest absolute Gasteiger partial charge is 0.122 e. The van der Waals surface area contributed by atoms with Gasteiger partial charge in [-0.1, -0.05) is 114 Å². The normalized spacial score (nSPS) is 14.7. The Morgan fingerprint density at radius 1 is 0.744 bits per heavy atom. The number of rotatable bonds is 22. The maximum atomic E-state index is 9.98. The van der Waals surface area contributed by atoms with Crippen molar-refractivity contribution in [2.24, 2.45) is 0 Å². The first-order valence-electron chi connectivity index (χ1n) is 15.0. The molecule has 0 unspecified atom stereocenters. The molecule has 0 heterocycles. The first-order valence-corrected chi connectivity index (χ1v) is 15.0. The molecule has 1 aromatic rings. The molecule has 39 heavy (non-hydrogen) atoms. The summed E-state index contributed by atoms with van der Waals surface area (Å²) in [7, 11) is 4.74. The second kappa shape index (κ2) is 23.2. The number of carboxylic acids is 1. The number of carbonyl (C=O) groups excluding carboxylic acids is 1. The molecule has 0 amide bonds. The Morgan fingerprint density at radius 3 is 1.59 bits per heavy atom. The van der Waals surface area contributed by atoms with E-state index in [1.807, 2.05) is 0 Å². The van der Waals surface area contributed by atoms with Gasteiger partial charge in [-0.2, -0.15) is 0 Å². The van der Waals surface area contributed by atoms with Gasteiger partial charge >= 0.3 is 0 Å². The lowest BCUT2D eigenvalue weighted by Crippen LogP contribution is -2.52. The van der Waals surface area contributed by atoms with Gasteiger partial charge in [0, 0.05) is 5.56 Å². The van der Waals surface area contributed by atoms with E-state index < -0.39 is 37.0 Å². The summed E-state index contributed by atoms with van der Waals surface area (Å²) in [5.74, 6) is -1.98. The van der Waals surface area contributed by atoms with Crippen molar-refractivity contribution >= 4 is 5.97 Å². The number of hydrogen-bond acceptors (Lipinski definition) is 7. The third kappa shape index (κ3) is 20.0. The highest BCUT2D eigenvalue weighted by atomic mass is 16.4. The quantitative estimate of drug-likeness (QED) is 0.109. The van der Waals surface area contributed by atoms with Crippen LogP contribution >= 0.6 is 0 Å².